The number of hydrogen-bond donors (Lipinski definition) is 1. The second-order valence-electron chi connectivity index (χ2n) is 7.99. The maximum atomic E-state index is 13.4. The van der Waals surface area contributed by atoms with Crippen LogP contribution < -0.4 is 10.1 Å². The SMILES string of the molecule is CNC(=O)[C@@H](Cc1ccccc1)N(Cc1ccccc1)C(=O)COc1cc(C)c(Br)c(C)c1. The van der Waals surface area contributed by atoms with Gasteiger partial charge in [0.05, 0.1) is 0 Å². The molecule has 3 aromatic rings. The van der Waals surface area contributed by atoms with E-state index in [-0.39, 0.29) is 18.4 Å². The third-order valence-electron chi connectivity index (χ3n) is 5.49. The fourth-order valence-electron chi connectivity index (χ4n) is 3.72. The van der Waals surface area contributed by atoms with Crippen LogP contribution in [0.15, 0.2) is 77.3 Å². The first-order chi connectivity index (χ1) is 15.9. The minimum atomic E-state index is -0.665. The molecular formula is C27H29BrN2O3. The number of hydrogen-bond acceptors (Lipinski definition) is 3. The normalized spacial score (nSPS) is 11.5. The molecule has 5 nitrogen and oxygen atoms in total. The predicted octanol–water partition coefficient (Wildman–Crippen LogP) is 4.83. The van der Waals surface area contributed by atoms with E-state index in [0.717, 1.165) is 26.7 Å². The summed E-state index contributed by atoms with van der Waals surface area (Å²) in [6, 6.07) is 22.5. The van der Waals surface area contributed by atoms with Gasteiger partial charge in [-0.25, -0.2) is 0 Å². The zero-order valence-corrected chi connectivity index (χ0v) is 20.8. The van der Waals surface area contributed by atoms with E-state index < -0.39 is 6.04 Å². The topological polar surface area (TPSA) is 58.6 Å². The summed E-state index contributed by atoms with van der Waals surface area (Å²) < 4.78 is 6.90. The van der Waals surface area contributed by atoms with Crippen LogP contribution in [0.1, 0.15) is 22.3 Å². The molecule has 0 fully saturated rings. The third kappa shape index (κ3) is 6.68. The van der Waals surface area contributed by atoms with Gasteiger partial charge >= 0.3 is 0 Å². The van der Waals surface area contributed by atoms with Crippen molar-refractivity contribution >= 4 is 27.7 Å². The van der Waals surface area contributed by atoms with Crippen molar-refractivity contribution in [1.82, 2.24) is 10.2 Å². The molecule has 0 bridgehead atoms. The highest BCUT2D eigenvalue weighted by Crippen LogP contribution is 2.26. The maximum absolute atomic E-state index is 13.4. The average Bonchev–Trinajstić information content (AvgIpc) is 2.83. The molecule has 1 N–H and O–H groups in total. The largest absolute Gasteiger partial charge is 0.484 e. The molecule has 0 aliphatic carbocycles. The van der Waals surface area contributed by atoms with Gasteiger partial charge in [0.15, 0.2) is 6.61 Å². The number of halogens is 1. The molecular weight excluding hydrogens is 480 g/mol. The Morgan fingerprint density at radius 1 is 0.939 bits per heavy atom. The van der Waals surface area contributed by atoms with Gasteiger partial charge in [0.1, 0.15) is 11.8 Å². The molecule has 3 aromatic carbocycles. The minimum absolute atomic E-state index is 0.157. The summed E-state index contributed by atoms with van der Waals surface area (Å²) in [7, 11) is 1.59. The molecule has 0 aliphatic rings. The van der Waals surface area contributed by atoms with Gasteiger partial charge in [0.25, 0.3) is 5.91 Å². The van der Waals surface area contributed by atoms with Gasteiger partial charge in [-0.2, -0.15) is 0 Å². The van der Waals surface area contributed by atoms with Crippen molar-refractivity contribution in [2.45, 2.75) is 32.9 Å². The van der Waals surface area contributed by atoms with Crippen molar-refractivity contribution in [2.75, 3.05) is 13.7 Å². The van der Waals surface area contributed by atoms with E-state index in [2.05, 4.69) is 21.2 Å². The fraction of sp³-hybridized carbons (Fsp3) is 0.259. The second kappa shape index (κ2) is 11.7. The lowest BCUT2D eigenvalue weighted by Crippen LogP contribution is -2.51. The van der Waals surface area contributed by atoms with Crippen LogP contribution >= 0.6 is 15.9 Å². The minimum Gasteiger partial charge on any atom is -0.484 e. The van der Waals surface area contributed by atoms with Crippen LogP contribution in [-0.4, -0.2) is 36.4 Å². The number of nitrogens with one attached hydrogen (secondary N) is 1. The van der Waals surface area contributed by atoms with Gasteiger partial charge in [0, 0.05) is 24.5 Å². The summed E-state index contributed by atoms with van der Waals surface area (Å²) in [6.45, 7) is 4.12. The van der Waals surface area contributed by atoms with Crippen LogP contribution in [-0.2, 0) is 22.6 Å². The Labute approximate surface area is 203 Å². The Morgan fingerprint density at radius 3 is 2.03 bits per heavy atom. The van der Waals surface area contributed by atoms with Crippen LogP contribution in [0.5, 0.6) is 5.75 Å². The third-order valence-corrected chi connectivity index (χ3v) is 6.74. The Hall–Kier alpha value is -3.12. The highest BCUT2D eigenvalue weighted by Gasteiger charge is 2.30. The number of rotatable bonds is 9. The highest BCUT2D eigenvalue weighted by molar-refractivity contribution is 9.10. The number of carbonyl (C=O) groups excluding carboxylic acids is 2. The van der Waals surface area contributed by atoms with Gasteiger partial charge in [-0.15, -0.1) is 0 Å². The molecule has 1 atom stereocenters. The molecule has 172 valence electrons. The first kappa shape index (κ1) is 24.5. The van der Waals surface area contributed by atoms with Crippen molar-refractivity contribution in [3.05, 3.63) is 99.5 Å². The van der Waals surface area contributed by atoms with Crippen molar-refractivity contribution in [3.63, 3.8) is 0 Å². The zero-order chi connectivity index (χ0) is 23.8. The molecule has 0 radical (unpaired) electrons. The second-order valence-corrected chi connectivity index (χ2v) is 8.78. The van der Waals surface area contributed by atoms with E-state index in [0.29, 0.717) is 18.7 Å². The fourth-order valence-corrected chi connectivity index (χ4v) is 3.95. The summed E-state index contributed by atoms with van der Waals surface area (Å²) in [5.74, 6) is 0.167. The number of ether oxygens (including phenoxy) is 1. The van der Waals surface area contributed by atoms with Crippen molar-refractivity contribution in [2.24, 2.45) is 0 Å². The van der Waals surface area contributed by atoms with E-state index in [4.69, 9.17) is 4.74 Å². The molecule has 0 saturated heterocycles. The summed E-state index contributed by atoms with van der Waals surface area (Å²) in [6.07, 6.45) is 0.412. The van der Waals surface area contributed by atoms with Gasteiger partial charge in [-0.1, -0.05) is 76.6 Å². The van der Waals surface area contributed by atoms with E-state index >= 15 is 0 Å². The van der Waals surface area contributed by atoms with Crippen LogP contribution in [0, 0.1) is 13.8 Å². The Balaban J connectivity index is 1.86. The van der Waals surface area contributed by atoms with E-state index in [1.54, 1.807) is 11.9 Å². The van der Waals surface area contributed by atoms with Crippen LogP contribution in [0.4, 0.5) is 0 Å². The molecule has 0 aromatic heterocycles. The summed E-state index contributed by atoms with van der Waals surface area (Å²) in [5.41, 5.74) is 4.00. The zero-order valence-electron chi connectivity index (χ0n) is 19.2. The van der Waals surface area contributed by atoms with Crippen molar-refractivity contribution in [1.29, 1.82) is 0 Å². The molecule has 33 heavy (non-hydrogen) atoms. The van der Waals surface area contributed by atoms with Crippen LogP contribution in [0.3, 0.4) is 0 Å². The number of nitrogens with zero attached hydrogens (tertiary/aromatic N) is 1. The Kier molecular flexibility index (Phi) is 8.66. The number of benzene rings is 3. The lowest BCUT2D eigenvalue weighted by Gasteiger charge is -2.31. The first-order valence-corrected chi connectivity index (χ1v) is 11.7. The standard InChI is InChI=1S/C27H29BrN2O3/c1-19-14-23(15-20(2)26(19)28)33-18-25(31)30(17-22-12-8-5-9-13-22)24(27(32)29-3)16-21-10-6-4-7-11-21/h4-15,24H,16-18H2,1-3H3,(H,29,32)/t24-/m1/s1. The molecule has 2 amide bonds. The predicted molar refractivity (Wildman–Crippen MR) is 134 cm³/mol. The molecule has 0 spiro atoms. The quantitative estimate of drug-likeness (QED) is 0.450. The monoisotopic (exact) mass is 508 g/mol. The number of aryl methyl sites for hydroxylation is 2. The average molecular weight is 509 g/mol. The first-order valence-electron chi connectivity index (χ1n) is 10.9. The lowest BCUT2D eigenvalue weighted by molar-refractivity contribution is -0.142. The van der Waals surface area contributed by atoms with Crippen molar-refractivity contribution in [3.8, 4) is 5.75 Å². The molecule has 0 saturated carbocycles. The number of amides is 2. The summed E-state index contributed by atoms with van der Waals surface area (Å²) >= 11 is 3.55. The van der Waals surface area contributed by atoms with Gasteiger partial charge in [-0.3, -0.25) is 9.59 Å². The molecule has 3 rings (SSSR count). The van der Waals surface area contributed by atoms with Gasteiger partial charge in [0.2, 0.25) is 5.91 Å². The Bertz CT molecular complexity index is 1060. The van der Waals surface area contributed by atoms with Crippen LogP contribution in [0.2, 0.25) is 0 Å². The van der Waals surface area contributed by atoms with E-state index in [9.17, 15) is 9.59 Å². The van der Waals surface area contributed by atoms with Crippen LogP contribution in [0.25, 0.3) is 0 Å². The van der Waals surface area contributed by atoms with Gasteiger partial charge in [-0.05, 0) is 48.2 Å². The highest BCUT2D eigenvalue weighted by atomic mass is 79.9. The Morgan fingerprint density at radius 2 is 1.48 bits per heavy atom. The number of carbonyl (C=O) groups is 2. The maximum Gasteiger partial charge on any atom is 0.261 e. The number of likely N-dealkylation sites (N-methyl/N-ethyl adjacent to an activating group) is 1. The molecule has 0 unspecified atom stereocenters. The molecule has 6 heteroatoms. The van der Waals surface area contributed by atoms with E-state index in [1.165, 1.54) is 0 Å². The molecule has 0 heterocycles. The van der Waals surface area contributed by atoms with Crippen molar-refractivity contribution < 1.29 is 14.3 Å². The molecule has 0 aliphatic heterocycles. The van der Waals surface area contributed by atoms with Gasteiger partial charge < -0.3 is 15.0 Å². The summed E-state index contributed by atoms with van der Waals surface area (Å²) in [5, 5.41) is 2.72. The summed E-state index contributed by atoms with van der Waals surface area (Å²) in [4.78, 5) is 27.9. The lowest BCUT2D eigenvalue weighted by atomic mass is 10.0. The smallest absolute Gasteiger partial charge is 0.261 e. The van der Waals surface area contributed by atoms with E-state index in [1.807, 2.05) is 86.6 Å².